The zero-order valence-corrected chi connectivity index (χ0v) is 13.6. The van der Waals surface area contributed by atoms with Crippen molar-refractivity contribution in [1.82, 2.24) is 10.2 Å². The predicted molar refractivity (Wildman–Crippen MR) is 86.4 cm³/mol. The van der Waals surface area contributed by atoms with Crippen LogP contribution in [0.3, 0.4) is 0 Å². The number of likely N-dealkylation sites (tertiary alicyclic amines) is 1. The molecule has 1 saturated heterocycles. The number of hydrogen-bond donors (Lipinski definition) is 2. The first kappa shape index (κ1) is 16.5. The van der Waals surface area contributed by atoms with E-state index in [9.17, 15) is 9.90 Å². The van der Waals surface area contributed by atoms with Gasteiger partial charge in [-0.05, 0) is 42.2 Å². The number of rotatable bonds is 6. The average Bonchev–Trinajstić information content (AvgIpc) is 2.87. The van der Waals surface area contributed by atoms with Crippen LogP contribution in [0.5, 0.6) is 0 Å². The molecule has 1 amide bonds. The van der Waals surface area contributed by atoms with E-state index in [-0.39, 0.29) is 11.9 Å². The highest BCUT2D eigenvalue weighted by molar-refractivity contribution is 7.07. The molecule has 0 radical (unpaired) electrons. The van der Waals surface area contributed by atoms with Crippen molar-refractivity contribution < 1.29 is 9.90 Å². The number of nitrogens with one attached hydrogen (secondary N) is 1. The molecule has 2 rings (SSSR count). The van der Waals surface area contributed by atoms with Gasteiger partial charge in [-0.15, -0.1) is 0 Å². The van der Waals surface area contributed by atoms with Crippen molar-refractivity contribution in [1.29, 1.82) is 0 Å². The molecule has 0 aromatic carbocycles. The minimum Gasteiger partial charge on any atom is -0.387 e. The molecule has 0 saturated carbocycles. The van der Waals surface area contributed by atoms with E-state index < -0.39 is 6.10 Å². The molecular formula is C16H26N2O2S. The fourth-order valence-electron chi connectivity index (χ4n) is 2.68. The number of nitrogens with zero attached hydrogens (tertiary/aromatic N) is 1. The van der Waals surface area contributed by atoms with Crippen molar-refractivity contribution in [3.05, 3.63) is 22.4 Å². The molecule has 2 N–H and O–H groups in total. The third kappa shape index (κ3) is 5.41. The summed E-state index contributed by atoms with van der Waals surface area (Å²) >= 11 is 1.59. The molecule has 0 bridgehead atoms. The molecule has 21 heavy (non-hydrogen) atoms. The molecule has 0 spiro atoms. The van der Waals surface area contributed by atoms with E-state index in [4.69, 9.17) is 0 Å². The van der Waals surface area contributed by atoms with E-state index in [1.165, 1.54) is 12.8 Å². The summed E-state index contributed by atoms with van der Waals surface area (Å²) < 4.78 is 0. The third-order valence-electron chi connectivity index (χ3n) is 4.03. The SMILES string of the molecule is CC(CC(=O)N1CCCCCC1)NCC(O)c1ccsc1. The summed E-state index contributed by atoms with van der Waals surface area (Å²) in [6, 6.07) is 2.03. The Hall–Kier alpha value is -0.910. The summed E-state index contributed by atoms with van der Waals surface area (Å²) in [7, 11) is 0. The largest absolute Gasteiger partial charge is 0.387 e. The summed E-state index contributed by atoms with van der Waals surface area (Å²) in [5, 5.41) is 17.2. The van der Waals surface area contributed by atoms with Crippen LogP contribution in [0.2, 0.25) is 0 Å². The molecule has 1 fully saturated rings. The molecule has 2 unspecified atom stereocenters. The summed E-state index contributed by atoms with van der Waals surface area (Å²) in [6.07, 6.45) is 4.76. The maximum atomic E-state index is 12.3. The smallest absolute Gasteiger partial charge is 0.224 e. The van der Waals surface area contributed by atoms with Gasteiger partial charge >= 0.3 is 0 Å². The quantitative estimate of drug-likeness (QED) is 0.849. The molecule has 4 nitrogen and oxygen atoms in total. The van der Waals surface area contributed by atoms with E-state index in [0.29, 0.717) is 13.0 Å². The van der Waals surface area contributed by atoms with Crippen molar-refractivity contribution in [2.45, 2.75) is 51.2 Å². The zero-order chi connectivity index (χ0) is 15.1. The first-order valence-corrected chi connectivity index (χ1v) is 8.82. The van der Waals surface area contributed by atoms with E-state index in [0.717, 1.165) is 31.5 Å². The molecule has 1 aromatic heterocycles. The summed E-state index contributed by atoms with van der Waals surface area (Å²) in [5.41, 5.74) is 0.943. The molecule has 118 valence electrons. The van der Waals surface area contributed by atoms with Crippen molar-refractivity contribution in [2.75, 3.05) is 19.6 Å². The van der Waals surface area contributed by atoms with Gasteiger partial charge < -0.3 is 15.3 Å². The Morgan fingerprint density at radius 1 is 1.38 bits per heavy atom. The van der Waals surface area contributed by atoms with Crippen molar-refractivity contribution in [3.8, 4) is 0 Å². The lowest BCUT2D eigenvalue weighted by molar-refractivity contribution is -0.131. The predicted octanol–water partition coefficient (Wildman–Crippen LogP) is 2.55. The van der Waals surface area contributed by atoms with Gasteiger partial charge in [0, 0.05) is 32.1 Å². The summed E-state index contributed by atoms with van der Waals surface area (Å²) in [6.45, 7) is 4.31. The Morgan fingerprint density at radius 3 is 2.71 bits per heavy atom. The minimum absolute atomic E-state index is 0.0917. The van der Waals surface area contributed by atoms with Crippen LogP contribution in [0.1, 0.15) is 50.7 Å². The number of thiophene rings is 1. The molecule has 2 heterocycles. The second kappa shape index (κ2) is 8.51. The van der Waals surface area contributed by atoms with Crippen molar-refractivity contribution in [3.63, 3.8) is 0 Å². The van der Waals surface area contributed by atoms with Gasteiger partial charge in [-0.1, -0.05) is 12.8 Å². The fraction of sp³-hybridized carbons (Fsp3) is 0.688. The van der Waals surface area contributed by atoms with Crippen LogP contribution in [-0.2, 0) is 4.79 Å². The van der Waals surface area contributed by atoms with Crippen LogP contribution < -0.4 is 5.32 Å². The highest BCUT2D eigenvalue weighted by atomic mass is 32.1. The fourth-order valence-corrected chi connectivity index (χ4v) is 3.39. The first-order valence-electron chi connectivity index (χ1n) is 7.88. The topological polar surface area (TPSA) is 52.6 Å². The molecule has 1 aliphatic rings. The minimum atomic E-state index is -0.494. The van der Waals surface area contributed by atoms with E-state index in [1.54, 1.807) is 11.3 Å². The molecule has 5 heteroatoms. The molecule has 1 aromatic rings. The number of aliphatic hydroxyl groups is 1. The standard InChI is InChI=1S/C16H26N2O2S/c1-13(17-11-15(19)14-6-9-21-12-14)10-16(20)18-7-4-2-3-5-8-18/h6,9,12-13,15,17,19H,2-5,7-8,10-11H2,1H3. The van der Waals surface area contributed by atoms with Gasteiger partial charge in [-0.3, -0.25) is 4.79 Å². The molecule has 1 aliphatic heterocycles. The van der Waals surface area contributed by atoms with Gasteiger partial charge in [0.15, 0.2) is 0 Å². The van der Waals surface area contributed by atoms with Crippen LogP contribution in [0, 0.1) is 0 Å². The Bertz CT molecular complexity index is 414. The van der Waals surface area contributed by atoms with Crippen LogP contribution in [0.15, 0.2) is 16.8 Å². The highest BCUT2D eigenvalue weighted by Crippen LogP contribution is 2.16. The van der Waals surface area contributed by atoms with E-state index >= 15 is 0 Å². The number of amides is 1. The Labute approximate surface area is 131 Å². The van der Waals surface area contributed by atoms with E-state index in [1.807, 2.05) is 28.7 Å². The van der Waals surface area contributed by atoms with Crippen molar-refractivity contribution in [2.24, 2.45) is 0 Å². The van der Waals surface area contributed by atoms with Gasteiger partial charge in [0.2, 0.25) is 5.91 Å². The van der Waals surface area contributed by atoms with Gasteiger partial charge in [0.05, 0.1) is 6.10 Å². The van der Waals surface area contributed by atoms with Gasteiger partial charge in [-0.25, -0.2) is 0 Å². The normalized spacial score (nSPS) is 19.0. The number of carbonyl (C=O) groups is 1. The Morgan fingerprint density at radius 2 is 2.10 bits per heavy atom. The second-order valence-corrected chi connectivity index (χ2v) is 6.66. The molecular weight excluding hydrogens is 284 g/mol. The third-order valence-corrected chi connectivity index (χ3v) is 4.73. The average molecular weight is 310 g/mol. The number of carbonyl (C=O) groups excluding carboxylic acids is 1. The maximum absolute atomic E-state index is 12.3. The van der Waals surface area contributed by atoms with Crippen LogP contribution in [-0.4, -0.2) is 41.6 Å². The second-order valence-electron chi connectivity index (χ2n) is 5.88. The van der Waals surface area contributed by atoms with Gasteiger partial charge in [-0.2, -0.15) is 11.3 Å². The lowest BCUT2D eigenvalue weighted by atomic mass is 10.1. The number of hydrogen-bond acceptors (Lipinski definition) is 4. The van der Waals surface area contributed by atoms with Crippen LogP contribution in [0.4, 0.5) is 0 Å². The Kier molecular flexibility index (Phi) is 6.67. The number of aliphatic hydroxyl groups excluding tert-OH is 1. The van der Waals surface area contributed by atoms with Crippen LogP contribution >= 0.6 is 11.3 Å². The lowest BCUT2D eigenvalue weighted by Gasteiger charge is -2.23. The molecule has 0 aliphatic carbocycles. The summed E-state index contributed by atoms with van der Waals surface area (Å²) in [5.74, 6) is 0.238. The zero-order valence-electron chi connectivity index (χ0n) is 12.8. The lowest BCUT2D eigenvalue weighted by Crippen LogP contribution is -2.38. The summed E-state index contributed by atoms with van der Waals surface area (Å²) in [4.78, 5) is 14.3. The monoisotopic (exact) mass is 310 g/mol. The van der Waals surface area contributed by atoms with Gasteiger partial charge in [0.25, 0.3) is 0 Å². The molecule has 2 atom stereocenters. The highest BCUT2D eigenvalue weighted by Gasteiger charge is 2.18. The maximum Gasteiger partial charge on any atom is 0.224 e. The van der Waals surface area contributed by atoms with Crippen LogP contribution in [0.25, 0.3) is 0 Å². The van der Waals surface area contributed by atoms with E-state index in [2.05, 4.69) is 5.32 Å². The van der Waals surface area contributed by atoms with Crippen molar-refractivity contribution >= 4 is 17.2 Å². The Balaban J connectivity index is 1.70. The first-order chi connectivity index (χ1) is 10.2. The van der Waals surface area contributed by atoms with Gasteiger partial charge in [0.1, 0.15) is 0 Å².